The van der Waals surface area contributed by atoms with E-state index in [0.717, 1.165) is 27.4 Å². The van der Waals surface area contributed by atoms with E-state index >= 15 is 0 Å². The van der Waals surface area contributed by atoms with Crippen molar-refractivity contribution < 1.29 is 43.5 Å². The first kappa shape index (κ1) is 59.3. The molecule has 0 bridgehead atoms. The van der Waals surface area contributed by atoms with Crippen molar-refractivity contribution in [3.8, 4) is 0 Å². The molecule has 0 saturated carbocycles. The van der Waals surface area contributed by atoms with Gasteiger partial charge in [0.2, 0.25) is 41.4 Å². The number of fused-ring (bicyclic) bond motifs is 2. The van der Waals surface area contributed by atoms with Crippen molar-refractivity contribution in [1.29, 1.82) is 10.8 Å². The van der Waals surface area contributed by atoms with Crippen molar-refractivity contribution >= 4 is 81.0 Å². The molecule has 0 aliphatic heterocycles. The van der Waals surface area contributed by atoms with Gasteiger partial charge in [0.15, 0.2) is 11.9 Å². The number of nitrogens with one attached hydrogen (secondary N) is 12. The maximum Gasteiger partial charge on any atom is 0.326 e. The van der Waals surface area contributed by atoms with Gasteiger partial charge in [-0.2, -0.15) is 0 Å². The first-order valence-electron chi connectivity index (χ1n) is 24.9. The van der Waals surface area contributed by atoms with Crippen molar-refractivity contribution in [2.75, 3.05) is 13.1 Å². The minimum absolute atomic E-state index is 0.0273. The third kappa shape index (κ3) is 18.3. The number of carbonyl (C=O) groups is 8. The summed E-state index contributed by atoms with van der Waals surface area (Å²) in [6.07, 6.45) is 3.04. The number of carboxylic acids is 1. The van der Waals surface area contributed by atoms with Crippen LogP contribution in [0.2, 0.25) is 0 Å². The van der Waals surface area contributed by atoms with Gasteiger partial charge in [0.05, 0.1) is 6.04 Å². The highest BCUT2D eigenvalue weighted by molar-refractivity contribution is 5.98. The van der Waals surface area contributed by atoms with Crippen molar-refractivity contribution in [1.82, 2.24) is 52.5 Å². The van der Waals surface area contributed by atoms with E-state index < -0.39 is 102 Å². The summed E-state index contributed by atoms with van der Waals surface area (Å²) in [7, 11) is 0. The van der Waals surface area contributed by atoms with Gasteiger partial charge in [-0.15, -0.1) is 0 Å². The number of para-hydroxylation sites is 2. The average molecular weight is 1040 g/mol. The van der Waals surface area contributed by atoms with Gasteiger partial charge in [-0.25, -0.2) is 4.79 Å². The van der Waals surface area contributed by atoms with Crippen LogP contribution in [0.25, 0.3) is 21.8 Å². The van der Waals surface area contributed by atoms with Crippen molar-refractivity contribution in [3.05, 3.63) is 72.1 Å². The van der Waals surface area contributed by atoms with Gasteiger partial charge in [-0.1, -0.05) is 70.5 Å². The highest BCUT2D eigenvalue weighted by Crippen LogP contribution is 2.22. The summed E-state index contributed by atoms with van der Waals surface area (Å²) in [6.45, 7) is 7.32. The number of carbonyl (C=O) groups excluding carboxylic acids is 7. The number of nitrogens with two attached hydrogens (primary N) is 4. The fourth-order valence-corrected chi connectivity index (χ4v) is 8.20. The van der Waals surface area contributed by atoms with Crippen molar-refractivity contribution in [3.63, 3.8) is 0 Å². The lowest BCUT2D eigenvalue weighted by Gasteiger charge is -2.29. The number of primary amides is 1. The smallest absolute Gasteiger partial charge is 0.326 e. The minimum Gasteiger partial charge on any atom is -0.480 e. The van der Waals surface area contributed by atoms with Gasteiger partial charge < -0.3 is 80.5 Å². The number of hydrogen-bond acceptors (Lipinski definition) is 11. The molecular formula is C50H74N16O9. The van der Waals surface area contributed by atoms with Gasteiger partial charge in [-0.05, 0) is 67.2 Å². The summed E-state index contributed by atoms with van der Waals surface area (Å²) in [5.41, 5.74) is 25.3. The van der Waals surface area contributed by atoms with Gasteiger partial charge >= 0.3 is 5.97 Å². The second-order valence-electron chi connectivity index (χ2n) is 18.9. The SMILES string of the molecule is CC[C@H](C)[C@H](NC(=O)[C@H](Cc1c[nH]c2ccccc12)NC(=O)[C@@H](N)C(C)C)C(=O)N[C@@H](Cc1c[nH]c2ccccc12)C(=O)N[C@@H](CCC(N)=O)C(=O)N[C@@H](CCCNC(=N)N)C(=O)N[C@@H](CCCNC(=N)N)C(=O)O. The molecule has 25 heteroatoms. The number of rotatable bonds is 31. The lowest BCUT2D eigenvalue weighted by atomic mass is 9.95. The Morgan fingerprint density at radius 1 is 0.573 bits per heavy atom. The largest absolute Gasteiger partial charge is 0.480 e. The summed E-state index contributed by atoms with van der Waals surface area (Å²) >= 11 is 0. The Labute approximate surface area is 434 Å². The number of hydrogen-bond donors (Lipinski definition) is 17. The van der Waals surface area contributed by atoms with Crippen LogP contribution in [0.4, 0.5) is 0 Å². The summed E-state index contributed by atoms with van der Waals surface area (Å²) < 4.78 is 0. The highest BCUT2D eigenvalue weighted by Gasteiger charge is 2.36. The fraction of sp³-hybridized carbons (Fsp3) is 0.480. The van der Waals surface area contributed by atoms with E-state index in [1.807, 2.05) is 49.4 Å². The van der Waals surface area contributed by atoms with Crippen LogP contribution in [-0.2, 0) is 51.2 Å². The first-order valence-corrected chi connectivity index (χ1v) is 24.9. The van der Waals surface area contributed by atoms with Crippen molar-refractivity contribution in [2.24, 2.45) is 34.8 Å². The molecule has 0 saturated heterocycles. The maximum absolute atomic E-state index is 14.7. The molecule has 0 radical (unpaired) electrons. The van der Waals surface area contributed by atoms with E-state index in [4.69, 9.17) is 33.8 Å². The number of guanidine groups is 2. The van der Waals surface area contributed by atoms with E-state index in [9.17, 15) is 43.5 Å². The lowest BCUT2D eigenvalue weighted by molar-refractivity contribution is -0.142. The summed E-state index contributed by atoms with van der Waals surface area (Å²) in [6, 6.07) is 5.42. The topological polar surface area (TPSA) is 436 Å². The molecule has 4 rings (SSSR count). The number of aliphatic carboxylic acids is 1. The average Bonchev–Trinajstić information content (AvgIpc) is 3.98. The Balaban J connectivity index is 1.66. The number of amides is 7. The Hall–Kier alpha value is -8.22. The molecule has 21 N–H and O–H groups in total. The van der Waals surface area contributed by atoms with E-state index in [2.05, 4.69) is 52.5 Å². The molecular weight excluding hydrogens is 969 g/mol. The minimum atomic E-state index is -1.55. The summed E-state index contributed by atoms with van der Waals surface area (Å²) in [5.74, 6) is -8.45. The lowest BCUT2D eigenvalue weighted by Crippen LogP contribution is -2.61. The third-order valence-electron chi connectivity index (χ3n) is 12.8. The zero-order chi connectivity index (χ0) is 55.4. The summed E-state index contributed by atoms with van der Waals surface area (Å²) in [4.78, 5) is 116. The zero-order valence-electron chi connectivity index (χ0n) is 42.8. The predicted molar refractivity (Wildman–Crippen MR) is 282 cm³/mol. The molecule has 4 aromatic rings. The quantitative estimate of drug-likeness (QED) is 0.0168. The molecule has 2 aromatic carbocycles. The van der Waals surface area contributed by atoms with Gasteiger partial charge in [0, 0.05) is 66.6 Å². The Bertz CT molecular complexity index is 2650. The second kappa shape index (κ2) is 28.9. The molecule has 408 valence electrons. The van der Waals surface area contributed by atoms with Gasteiger partial charge in [-0.3, -0.25) is 44.4 Å². The van der Waals surface area contributed by atoms with E-state index in [0.29, 0.717) is 12.0 Å². The van der Waals surface area contributed by atoms with Crippen LogP contribution in [-0.4, -0.2) is 130 Å². The van der Waals surface area contributed by atoms with Crippen LogP contribution >= 0.6 is 0 Å². The van der Waals surface area contributed by atoms with Crippen LogP contribution in [0, 0.1) is 22.7 Å². The normalized spacial score (nSPS) is 14.4. The second-order valence-corrected chi connectivity index (χ2v) is 18.9. The first-order chi connectivity index (χ1) is 35.6. The van der Waals surface area contributed by atoms with E-state index in [1.54, 1.807) is 39.2 Å². The summed E-state index contributed by atoms with van der Waals surface area (Å²) in [5, 5.41) is 47.5. The highest BCUT2D eigenvalue weighted by atomic mass is 16.4. The third-order valence-corrected chi connectivity index (χ3v) is 12.8. The van der Waals surface area contributed by atoms with Gasteiger partial charge in [0.1, 0.15) is 36.3 Å². The van der Waals surface area contributed by atoms with Crippen LogP contribution in [0.15, 0.2) is 60.9 Å². The van der Waals surface area contributed by atoms with E-state index in [-0.39, 0.29) is 75.9 Å². The number of H-pyrrole nitrogens is 2. The van der Waals surface area contributed by atoms with Crippen LogP contribution in [0.1, 0.15) is 83.8 Å². The molecule has 2 heterocycles. The zero-order valence-corrected chi connectivity index (χ0v) is 42.8. The Morgan fingerprint density at radius 3 is 1.44 bits per heavy atom. The molecule has 8 atom stereocenters. The van der Waals surface area contributed by atoms with Crippen LogP contribution in [0.5, 0.6) is 0 Å². The number of aromatic amines is 2. The van der Waals surface area contributed by atoms with Crippen LogP contribution < -0.4 is 65.5 Å². The molecule has 0 fully saturated rings. The Morgan fingerprint density at radius 2 is 0.987 bits per heavy atom. The van der Waals surface area contributed by atoms with Crippen molar-refractivity contribution in [2.45, 2.75) is 128 Å². The molecule has 25 nitrogen and oxygen atoms in total. The number of aromatic nitrogens is 2. The standard InChI is InChI=1S/C50H74N16O9/c1-5-27(4)41(66-45(71)38(64-46(72)40(52)26(2)3)23-29-25-60-33-15-9-7-13-31(29)33)47(73)65-37(22-28-24-59-32-14-8-6-12-30(28)32)44(70)62-35(18-19-39(51)67)43(69)61-34(16-10-20-57-49(53)54)42(68)63-36(48(74)75)17-11-21-58-50(55)56/h6-9,12-15,24-27,34-38,40-41,59-60H,5,10-11,16-23,52H2,1-4H3,(H2,51,67)(H,61,69)(H,62,70)(H,63,68)(H,64,72)(H,65,73)(H,66,71)(H,74,75)(H4,53,54,57)(H4,55,56,58)/t27-,34-,35-,36-,37-,38-,40-,41-/m0/s1. The monoisotopic (exact) mass is 1040 g/mol. The maximum atomic E-state index is 14.7. The molecule has 0 spiro atoms. The fourth-order valence-electron chi connectivity index (χ4n) is 8.20. The molecule has 0 aliphatic rings. The van der Waals surface area contributed by atoms with E-state index in [1.165, 1.54) is 0 Å². The van der Waals surface area contributed by atoms with Crippen LogP contribution in [0.3, 0.4) is 0 Å². The number of carboxylic acid groups (broad SMARTS) is 1. The Kier molecular flexibility index (Phi) is 22.8. The molecule has 75 heavy (non-hydrogen) atoms. The predicted octanol–water partition coefficient (Wildman–Crippen LogP) is -0.751. The molecule has 0 aliphatic carbocycles. The molecule has 0 unspecified atom stereocenters. The number of benzene rings is 2. The molecule has 7 amide bonds. The molecule has 2 aromatic heterocycles. The van der Waals surface area contributed by atoms with Gasteiger partial charge in [0.25, 0.3) is 0 Å².